The molecular weight excluding hydrogens is 616 g/mol. The fourth-order valence-corrected chi connectivity index (χ4v) is 5.21. The van der Waals surface area contributed by atoms with Crippen LogP contribution in [0.4, 0.5) is 0 Å². The molecule has 0 radical (unpaired) electrons. The lowest BCUT2D eigenvalue weighted by molar-refractivity contribution is -0.143. The number of carbonyl (C=O) groups is 6. The molecule has 0 aliphatic rings. The molecule has 46 heavy (non-hydrogen) atoms. The Bertz CT molecular complexity index is 1530. The van der Waals surface area contributed by atoms with Crippen molar-refractivity contribution in [1.29, 1.82) is 0 Å². The number of H-pyrrole nitrogens is 1. The Labute approximate surface area is 269 Å². The third-order valence-electron chi connectivity index (χ3n) is 7.09. The second-order valence-electron chi connectivity index (χ2n) is 10.5. The van der Waals surface area contributed by atoms with E-state index in [2.05, 4.69) is 26.3 Å². The van der Waals surface area contributed by atoms with Crippen LogP contribution in [0.1, 0.15) is 24.0 Å². The zero-order valence-corrected chi connectivity index (χ0v) is 26.0. The summed E-state index contributed by atoms with van der Waals surface area (Å²) in [6.45, 7) is -0.373. The van der Waals surface area contributed by atoms with E-state index in [1.54, 1.807) is 42.8 Å². The van der Waals surface area contributed by atoms with Crippen LogP contribution >= 0.6 is 11.8 Å². The number of para-hydroxylation sites is 1. The van der Waals surface area contributed by atoms with Crippen molar-refractivity contribution in [3.63, 3.8) is 0 Å². The summed E-state index contributed by atoms with van der Waals surface area (Å²) in [6.07, 6.45) is 2.77. The second kappa shape index (κ2) is 17.6. The van der Waals surface area contributed by atoms with Crippen molar-refractivity contribution in [1.82, 2.24) is 26.3 Å². The van der Waals surface area contributed by atoms with Crippen molar-refractivity contribution in [2.45, 2.75) is 49.9 Å². The average Bonchev–Trinajstić information content (AvgIpc) is 3.44. The highest BCUT2D eigenvalue weighted by atomic mass is 32.2. The Balaban J connectivity index is 1.78. The molecule has 4 atom stereocenters. The fraction of sp³-hybridized carbons (Fsp3) is 0.355. The summed E-state index contributed by atoms with van der Waals surface area (Å²) in [5, 5.41) is 29.9. The molecule has 0 saturated heterocycles. The van der Waals surface area contributed by atoms with Gasteiger partial charge in [0.15, 0.2) is 0 Å². The first kappa shape index (κ1) is 35.6. The smallest absolute Gasteiger partial charge is 0.326 e. The van der Waals surface area contributed by atoms with Crippen LogP contribution in [0, 0.1) is 0 Å². The van der Waals surface area contributed by atoms with Gasteiger partial charge >= 0.3 is 11.9 Å². The van der Waals surface area contributed by atoms with Gasteiger partial charge in [-0.15, -0.1) is 0 Å². The Morgan fingerprint density at radius 3 is 2.04 bits per heavy atom. The summed E-state index contributed by atoms with van der Waals surface area (Å²) in [7, 11) is 0. The Morgan fingerprint density at radius 1 is 0.783 bits per heavy atom. The van der Waals surface area contributed by atoms with Crippen molar-refractivity contribution < 1.29 is 39.0 Å². The highest BCUT2D eigenvalue weighted by Crippen LogP contribution is 2.19. The largest absolute Gasteiger partial charge is 0.481 e. The quantitative estimate of drug-likeness (QED) is 0.0926. The summed E-state index contributed by atoms with van der Waals surface area (Å²) in [5.74, 6) is -5.49. The van der Waals surface area contributed by atoms with Gasteiger partial charge in [-0.2, -0.15) is 11.8 Å². The number of carboxylic acid groups (broad SMARTS) is 2. The number of fused-ring (bicyclic) bond motifs is 1. The van der Waals surface area contributed by atoms with Gasteiger partial charge in [-0.25, -0.2) is 4.79 Å². The number of hydrogen-bond acceptors (Lipinski definition) is 8. The molecule has 0 aliphatic heterocycles. The van der Waals surface area contributed by atoms with Gasteiger partial charge in [-0.1, -0.05) is 48.5 Å². The van der Waals surface area contributed by atoms with E-state index >= 15 is 0 Å². The molecule has 9 N–H and O–H groups in total. The van der Waals surface area contributed by atoms with Gasteiger partial charge in [-0.3, -0.25) is 24.0 Å². The van der Waals surface area contributed by atoms with Crippen LogP contribution in [0.3, 0.4) is 0 Å². The standard InChI is InChI=1S/C31H38N6O8S/c1-46-12-11-22(35-29(42)23(34-26(38)16-32)14-19-17-33-21-10-6-5-9-20(19)21)28(41)36-24(15-27(39)40)30(43)37-25(31(44)45)13-18-7-3-2-4-8-18/h2-10,17,22-25,33H,11-16,32H2,1H3,(H,34,38)(H,35,42)(H,36,41)(H,37,43)(H,39,40)(H,44,45)/t22-,23-,24-,25-/m0/s1. The molecule has 2 aromatic carbocycles. The monoisotopic (exact) mass is 654 g/mol. The molecule has 0 bridgehead atoms. The molecule has 1 aromatic heterocycles. The summed E-state index contributed by atoms with van der Waals surface area (Å²) >= 11 is 1.39. The number of nitrogens with one attached hydrogen (secondary N) is 5. The minimum atomic E-state index is -1.64. The molecule has 246 valence electrons. The molecular formula is C31H38N6O8S. The van der Waals surface area contributed by atoms with E-state index in [0.717, 1.165) is 16.5 Å². The van der Waals surface area contributed by atoms with Crippen LogP contribution in [-0.4, -0.2) is 93.5 Å². The number of aromatic amines is 1. The number of carbonyl (C=O) groups excluding carboxylic acids is 4. The number of rotatable bonds is 18. The van der Waals surface area contributed by atoms with Gasteiger partial charge in [0.1, 0.15) is 24.2 Å². The van der Waals surface area contributed by atoms with Gasteiger partial charge in [0.2, 0.25) is 23.6 Å². The van der Waals surface area contributed by atoms with Crippen LogP contribution in [0.15, 0.2) is 60.8 Å². The van der Waals surface area contributed by atoms with Gasteiger partial charge < -0.3 is 42.2 Å². The zero-order chi connectivity index (χ0) is 33.6. The molecule has 4 amide bonds. The van der Waals surface area contributed by atoms with E-state index in [0.29, 0.717) is 11.3 Å². The maximum absolute atomic E-state index is 13.5. The molecule has 0 fully saturated rings. The number of hydrogen-bond donors (Lipinski definition) is 8. The van der Waals surface area contributed by atoms with E-state index in [9.17, 15) is 39.0 Å². The number of nitrogens with two attached hydrogens (primary N) is 1. The Hall–Kier alpha value is -4.89. The normalized spacial score (nSPS) is 13.5. The number of aromatic nitrogens is 1. The van der Waals surface area contributed by atoms with E-state index in [1.807, 2.05) is 24.3 Å². The Morgan fingerprint density at radius 2 is 1.39 bits per heavy atom. The molecule has 3 aromatic rings. The third kappa shape index (κ3) is 10.6. The van der Waals surface area contributed by atoms with E-state index in [4.69, 9.17) is 5.73 Å². The second-order valence-corrected chi connectivity index (χ2v) is 11.5. The molecule has 3 rings (SSSR count). The lowest BCUT2D eigenvalue weighted by Crippen LogP contribution is -2.58. The first-order chi connectivity index (χ1) is 22.0. The topological polar surface area (TPSA) is 233 Å². The lowest BCUT2D eigenvalue weighted by atomic mass is 10.0. The van der Waals surface area contributed by atoms with Crippen molar-refractivity contribution in [2.24, 2.45) is 5.73 Å². The first-order valence-electron chi connectivity index (χ1n) is 14.4. The average molecular weight is 655 g/mol. The minimum absolute atomic E-state index is 0.0699. The van der Waals surface area contributed by atoms with E-state index in [1.165, 1.54) is 11.8 Å². The van der Waals surface area contributed by atoms with Crippen molar-refractivity contribution in [3.8, 4) is 0 Å². The van der Waals surface area contributed by atoms with Crippen LogP contribution in [0.5, 0.6) is 0 Å². The summed E-state index contributed by atoms with van der Waals surface area (Å²) in [6, 6.07) is 10.5. The SMILES string of the molecule is CSCC[C@H](NC(=O)[C@H](Cc1c[nH]c2ccccc12)NC(=O)CN)C(=O)N[C@@H](CC(=O)O)C(=O)N[C@@H](Cc1ccccc1)C(=O)O. The van der Waals surface area contributed by atoms with Crippen LogP contribution in [0.2, 0.25) is 0 Å². The van der Waals surface area contributed by atoms with Crippen LogP contribution in [-0.2, 0) is 41.6 Å². The van der Waals surface area contributed by atoms with Crippen molar-refractivity contribution >= 4 is 58.2 Å². The number of carboxylic acids is 2. The zero-order valence-electron chi connectivity index (χ0n) is 25.2. The molecule has 0 unspecified atom stereocenters. The van der Waals surface area contributed by atoms with E-state index < -0.39 is 66.2 Å². The lowest BCUT2D eigenvalue weighted by Gasteiger charge is -2.25. The highest BCUT2D eigenvalue weighted by Gasteiger charge is 2.32. The maximum Gasteiger partial charge on any atom is 0.326 e. The summed E-state index contributed by atoms with van der Waals surface area (Å²) in [4.78, 5) is 78.9. The molecule has 0 aliphatic carbocycles. The van der Waals surface area contributed by atoms with Gasteiger partial charge in [-0.05, 0) is 35.6 Å². The molecule has 1 heterocycles. The predicted molar refractivity (Wildman–Crippen MR) is 172 cm³/mol. The van der Waals surface area contributed by atoms with Gasteiger partial charge in [0, 0.05) is 29.9 Å². The van der Waals surface area contributed by atoms with Gasteiger partial charge in [0.05, 0.1) is 13.0 Å². The van der Waals surface area contributed by atoms with E-state index in [-0.39, 0.29) is 25.8 Å². The van der Waals surface area contributed by atoms with Crippen LogP contribution in [0.25, 0.3) is 10.9 Å². The third-order valence-corrected chi connectivity index (χ3v) is 7.73. The van der Waals surface area contributed by atoms with Crippen molar-refractivity contribution in [2.75, 3.05) is 18.6 Å². The summed E-state index contributed by atoms with van der Waals surface area (Å²) in [5.41, 5.74) is 7.67. The predicted octanol–water partition coefficient (Wildman–Crippen LogP) is 0.163. The molecule has 14 nitrogen and oxygen atoms in total. The molecule has 15 heteroatoms. The maximum atomic E-state index is 13.5. The number of thioether (sulfide) groups is 1. The summed E-state index contributed by atoms with van der Waals surface area (Å²) < 4.78 is 0. The first-order valence-corrected chi connectivity index (χ1v) is 15.8. The number of aliphatic carboxylic acids is 2. The molecule has 0 spiro atoms. The fourth-order valence-electron chi connectivity index (χ4n) is 4.74. The Kier molecular flexibility index (Phi) is 13.6. The number of amides is 4. The van der Waals surface area contributed by atoms with Crippen LogP contribution < -0.4 is 27.0 Å². The van der Waals surface area contributed by atoms with Crippen molar-refractivity contribution in [3.05, 3.63) is 71.9 Å². The highest BCUT2D eigenvalue weighted by molar-refractivity contribution is 7.98. The minimum Gasteiger partial charge on any atom is -0.481 e. The molecule has 0 saturated carbocycles. The van der Waals surface area contributed by atoms with Gasteiger partial charge in [0.25, 0.3) is 0 Å². The number of benzene rings is 2.